The molecular weight excluding hydrogens is 489 g/mol. The number of aryl methyl sites for hydroxylation is 1. The highest BCUT2D eigenvalue weighted by molar-refractivity contribution is 7.18. The lowest BCUT2D eigenvalue weighted by molar-refractivity contribution is -0.137. The fraction of sp³-hybridized carbons (Fsp3) is 0.462. The Hall–Kier alpha value is -3.01. The van der Waals surface area contributed by atoms with E-state index < -0.39 is 11.7 Å². The van der Waals surface area contributed by atoms with Crippen molar-refractivity contribution >= 4 is 39.1 Å². The van der Waals surface area contributed by atoms with Crippen molar-refractivity contribution < 1.29 is 22.8 Å². The maximum absolute atomic E-state index is 12.8. The number of ketones is 1. The molecule has 1 aliphatic rings. The van der Waals surface area contributed by atoms with Gasteiger partial charge in [0.15, 0.2) is 5.78 Å². The average Bonchev–Trinajstić information content (AvgIpc) is 3.31. The van der Waals surface area contributed by atoms with E-state index in [1.165, 1.54) is 17.0 Å². The molecule has 36 heavy (non-hydrogen) atoms. The number of nitrogens with zero attached hydrogens (tertiary/aromatic N) is 4. The molecule has 1 fully saturated rings. The maximum atomic E-state index is 12.8. The quantitative estimate of drug-likeness (QED) is 0.266. The fourth-order valence-electron chi connectivity index (χ4n) is 4.40. The van der Waals surface area contributed by atoms with Crippen LogP contribution < -0.4 is 4.90 Å². The molecule has 192 valence electrons. The van der Waals surface area contributed by atoms with Gasteiger partial charge in [-0.2, -0.15) is 13.2 Å². The third kappa shape index (κ3) is 6.21. The number of thiophene rings is 1. The van der Waals surface area contributed by atoms with E-state index in [2.05, 4.69) is 27.9 Å². The van der Waals surface area contributed by atoms with Gasteiger partial charge in [-0.05, 0) is 37.5 Å². The minimum Gasteiger partial charge on any atom is -0.352 e. The second-order valence-electron chi connectivity index (χ2n) is 8.91. The minimum atomic E-state index is -4.47. The molecule has 0 spiro atoms. The highest BCUT2D eigenvalue weighted by Crippen LogP contribution is 2.31. The topological polar surface area (TPSA) is 66.4 Å². The molecule has 1 aromatic carbocycles. The monoisotopic (exact) mass is 518 g/mol. The molecular formula is C26H29F3N4O2S. The summed E-state index contributed by atoms with van der Waals surface area (Å²) in [5.74, 6) is 0.711. The fourth-order valence-corrected chi connectivity index (χ4v) is 5.33. The zero-order chi connectivity index (χ0) is 25.7. The number of rotatable bonds is 9. The standard InChI is InChI=1S/C26H29F3N4O2S/c1-2-20-16-21-24(30-17-31-25(21)36-20)33-13-11-32(12-14-33)23(35)10-5-3-4-9-22(34)18-7-6-8-19(15-18)26(27,28)29/h6-8,15-17H,2-5,9-14H2,1H3. The first kappa shape index (κ1) is 26.1. The Morgan fingerprint density at radius 3 is 2.47 bits per heavy atom. The van der Waals surface area contributed by atoms with Crippen LogP contribution in [0.2, 0.25) is 0 Å². The summed E-state index contributed by atoms with van der Waals surface area (Å²) in [7, 11) is 0. The first-order valence-corrected chi connectivity index (χ1v) is 13.0. The van der Waals surface area contributed by atoms with Gasteiger partial charge in [0.1, 0.15) is 17.0 Å². The first-order valence-electron chi connectivity index (χ1n) is 12.2. The summed E-state index contributed by atoms with van der Waals surface area (Å²) in [6.45, 7) is 4.80. The van der Waals surface area contributed by atoms with Crippen molar-refractivity contribution in [3.05, 3.63) is 52.7 Å². The van der Waals surface area contributed by atoms with Crippen LogP contribution in [-0.4, -0.2) is 52.7 Å². The summed E-state index contributed by atoms with van der Waals surface area (Å²) < 4.78 is 38.5. The number of piperazine rings is 1. The summed E-state index contributed by atoms with van der Waals surface area (Å²) >= 11 is 1.69. The van der Waals surface area contributed by atoms with Crippen molar-refractivity contribution in [3.8, 4) is 0 Å². The second-order valence-corrected chi connectivity index (χ2v) is 10.0. The van der Waals surface area contributed by atoms with Crippen LogP contribution in [0.25, 0.3) is 10.2 Å². The number of hydrogen-bond acceptors (Lipinski definition) is 6. The molecule has 4 rings (SSSR count). The smallest absolute Gasteiger partial charge is 0.352 e. The van der Waals surface area contributed by atoms with E-state index in [4.69, 9.17) is 0 Å². The molecule has 1 aliphatic heterocycles. The van der Waals surface area contributed by atoms with Crippen molar-refractivity contribution in [2.24, 2.45) is 0 Å². The Balaban J connectivity index is 1.19. The van der Waals surface area contributed by atoms with Gasteiger partial charge in [0, 0.05) is 49.5 Å². The zero-order valence-corrected chi connectivity index (χ0v) is 21.0. The van der Waals surface area contributed by atoms with Gasteiger partial charge in [-0.3, -0.25) is 9.59 Å². The number of amides is 1. The van der Waals surface area contributed by atoms with Crippen molar-refractivity contribution in [2.45, 2.75) is 51.6 Å². The average molecular weight is 519 g/mol. The lowest BCUT2D eigenvalue weighted by Crippen LogP contribution is -2.49. The summed E-state index contributed by atoms with van der Waals surface area (Å²) in [6.07, 6.45) is 0.532. The highest BCUT2D eigenvalue weighted by Gasteiger charge is 2.30. The number of halogens is 3. The molecule has 2 aromatic heterocycles. The van der Waals surface area contributed by atoms with Gasteiger partial charge >= 0.3 is 6.18 Å². The molecule has 0 radical (unpaired) electrons. The zero-order valence-electron chi connectivity index (χ0n) is 20.2. The van der Waals surface area contributed by atoms with Gasteiger partial charge < -0.3 is 9.80 Å². The largest absolute Gasteiger partial charge is 0.416 e. The number of fused-ring (bicyclic) bond motifs is 1. The Morgan fingerprint density at radius 2 is 1.75 bits per heavy atom. The summed E-state index contributed by atoms with van der Waals surface area (Å²) in [5, 5.41) is 1.07. The Bertz CT molecular complexity index is 1220. The third-order valence-electron chi connectivity index (χ3n) is 6.45. The summed E-state index contributed by atoms with van der Waals surface area (Å²) in [6, 6.07) is 6.68. The van der Waals surface area contributed by atoms with Crippen LogP contribution in [0.3, 0.4) is 0 Å². The lowest BCUT2D eigenvalue weighted by Gasteiger charge is -2.35. The maximum Gasteiger partial charge on any atom is 0.416 e. The molecule has 0 aliphatic carbocycles. The predicted molar refractivity (Wildman–Crippen MR) is 134 cm³/mol. The number of Topliss-reactive ketones (excluding diaryl/α,β-unsaturated/α-hetero) is 1. The molecule has 6 nitrogen and oxygen atoms in total. The Morgan fingerprint density at radius 1 is 1.00 bits per heavy atom. The van der Waals surface area contributed by atoms with E-state index in [-0.39, 0.29) is 23.7 Å². The van der Waals surface area contributed by atoms with Gasteiger partial charge in [0.25, 0.3) is 0 Å². The number of alkyl halides is 3. The van der Waals surface area contributed by atoms with E-state index in [9.17, 15) is 22.8 Å². The predicted octanol–water partition coefficient (Wildman–Crippen LogP) is 5.75. The number of unbranched alkanes of at least 4 members (excludes halogenated alkanes) is 2. The number of carbonyl (C=O) groups is 2. The van der Waals surface area contributed by atoms with Crippen LogP contribution in [0.1, 0.15) is 59.8 Å². The van der Waals surface area contributed by atoms with Crippen molar-refractivity contribution in [2.75, 3.05) is 31.1 Å². The second kappa shape index (κ2) is 11.4. The normalized spacial score (nSPS) is 14.4. The molecule has 0 saturated carbocycles. The number of aromatic nitrogens is 2. The van der Waals surface area contributed by atoms with Gasteiger partial charge in [0.2, 0.25) is 5.91 Å². The molecule has 3 aromatic rings. The van der Waals surface area contributed by atoms with Gasteiger partial charge in [-0.1, -0.05) is 25.5 Å². The third-order valence-corrected chi connectivity index (χ3v) is 7.63. The number of carbonyl (C=O) groups excluding carboxylic acids is 2. The number of hydrogen-bond donors (Lipinski definition) is 0. The van der Waals surface area contributed by atoms with Crippen molar-refractivity contribution in [3.63, 3.8) is 0 Å². The van der Waals surface area contributed by atoms with Crippen LogP contribution in [0.4, 0.5) is 19.0 Å². The van der Waals surface area contributed by atoms with E-state index in [0.29, 0.717) is 51.9 Å². The van der Waals surface area contributed by atoms with Crippen molar-refractivity contribution in [1.82, 2.24) is 14.9 Å². The Kier molecular flexibility index (Phi) is 8.23. The number of benzene rings is 1. The van der Waals surface area contributed by atoms with Crippen LogP contribution in [0.5, 0.6) is 0 Å². The molecule has 0 bridgehead atoms. The lowest BCUT2D eigenvalue weighted by atomic mass is 10.0. The molecule has 3 heterocycles. The molecule has 0 N–H and O–H groups in total. The molecule has 0 atom stereocenters. The minimum absolute atomic E-state index is 0.0769. The summed E-state index contributed by atoms with van der Waals surface area (Å²) in [5.41, 5.74) is -0.739. The van der Waals surface area contributed by atoms with Gasteiger partial charge in [-0.25, -0.2) is 9.97 Å². The van der Waals surface area contributed by atoms with Crippen LogP contribution >= 0.6 is 11.3 Å². The van der Waals surface area contributed by atoms with Gasteiger partial charge in [-0.15, -0.1) is 11.3 Å². The SMILES string of the molecule is CCc1cc2c(N3CCN(C(=O)CCCCCC(=O)c4cccc(C(F)(F)F)c4)CC3)ncnc2s1. The molecule has 1 amide bonds. The van der Waals surface area contributed by atoms with Crippen LogP contribution in [0, 0.1) is 0 Å². The summed E-state index contributed by atoms with van der Waals surface area (Å²) in [4.78, 5) is 40.2. The highest BCUT2D eigenvalue weighted by atomic mass is 32.1. The molecule has 0 unspecified atom stereocenters. The van der Waals surface area contributed by atoms with E-state index in [1.54, 1.807) is 17.7 Å². The Labute approximate surface area is 212 Å². The first-order chi connectivity index (χ1) is 17.3. The van der Waals surface area contributed by atoms with Crippen molar-refractivity contribution in [1.29, 1.82) is 0 Å². The van der Waals surface area contributed by atoms with E-state index in [0.717, 1.165) is 34.6 Å². The molecule has 1 saturated heterocycles. The van der Waals surface area contributed by atoms with Crippen LogP contribution in [0.15, 0.2) is 36.7 Å². The van der Waals surface area contributed by atoms with Gasteiger partial charge in [0.05, 0.1) is 10.9 Å². The van der Waals surface area contributed by atoms with E-state index in [1.807, 2.05) is 4.90 Å². The van der Waals surface area contributed by atoms with Crippen LogP contribution in [-0.2, 0) is 17.4 Å². The molecule has 10 heteroatoms. The van der Waals surface area contributed by atoms with E-state index >= 15 is 0 Å². The number of anilines is 1.